The fourth-order valence-corrected chi connectivity index (χ4v) is 3.65. The molecule has 0 aromatic heterocycles. The molecule has 6 heteroatoms. The van der Waals surface area contributed by atoms with Gasteiger partial charge < -0.3 is 10.0 Å². The number of likely N-dealkylation sites (tertiary alicyclic amines) is 1. The van der Waals surface area contributed by atoms with E-state index >= 15 is 0 Å². The Hall–Kier alpha value is -2.08. The topological polar surface area (TPSA) is 40.5 Å². The number of hydrogen-bond donors (Lipinski definition) is 1. The SMILES string of the molecule is O=C(O)[C@@H]1CN(CCCc2cccc3ccccc23)C[C@H]1C(F)(F)F. The summed E-state index contributed by atoms with van der Waals surface area (Å²) in [6.45, 7) is 0.213. The fraction of sp³-hybridized carbons (Fsp3) is 0.421. The zero-order chi connectivity index (χ0) is 18.0. The number of aryl methyl sites for hydroxylation is 1. The van der Waals surface area contributed by atoms with Crippen molar-refractivity contribution in [2.45, 2.75) is 19.0 Å². The molecule has 1 aliphatic rings. The van der Waals surface area contributed by atoms with Crippen molar-refractivity contribution >= 4 is 16.7 Å². The third-order valence-corrected chi connectivity index (χ3v) is 4.93. The zero-order valence-electron chi connectivity index (χ0n) is 13.7. The number of carbonyl (C=O) groups is 1. The average Bonchev–Trinajstić information content (AvgIpc) is 3.00. The van der Waals surface area contributed by atoms with Gasteiger partial charge in [-0.2, -0.15) is 13.2 Å². The minimum absolute atomic E-state index is 0.0327. The van der Waals surface area contributed by atoms with Gasteiger partial charge in [0.2, 0.25) is 0 Å². The number of rotatable bonds is 5. The number of hydrogen-bond acceptors (Lipinski definition) is 2. The number of carboxylic acid groups (broad SMARTS) is 1. The van der Waals surface area contributed by atoms with Gasteiger partial charge in [0, 0.05) is 13.1 Å². The van der Waals surface area contributed by atoms with Crippen molar-refractivity contribution < 1.29 is 23.1 Å². The first-order valence-corrected chi connectivity index (χ1v) is 8.35. The highest BCUT2D eigenvalue weighted by molar-refractivity contribution is 5.85. The Morgan fingerprint density at radius 1 is 1.12 bits per heavy atom. The van der Waals surface area contributed by atoms with Crippen LogP contribution in [0.4, 0.5) is 13.2 Å². The molecular weight excluding hydrogens is 331 g/mol. The van der Waals surface area contributed by atoms with E-state index in [1.54, 1.807) is 4.90 Å². The monoisotopic (exact) mass is 351 g/mol. The van der Waals surface area contributed by atoms with E-state index in [4.69, 9.17) is 5.11 Å². The predicted molar refractivity (Wildman–Crippen MR) is 89.4 cm³/mol. The lowest BCUT2D eigenvalue weighted by molar-refractivity contribution is -0.188. The number of carboxylic acids is 1. The molecule has 1 saturated heterocycles. The molecule has 0 unspecified atom stereocenters. The highest BCUT2D eigenvalue weighted by Crippen LogP contribution is 2.37. The van der Waals surface area contributed by atoms with Gasteiger partial charge in [0.25, 0.3) is 0 Å². The highest BCUT2D eigenvalue weighted by Gasteiger charge is 2.52. The average molecular weight is 351 g/mol. The molecule has 1 fully saturated rings. The molecule has 2 atom stereocenters. The number of benzene rings is 2. The minimum atomic E-state index is -4.46. The largest absolute Gasteiger partial charge is 0.481 e. The first-order valence-electron chi connectivity index (χ1n) is 8.35. The quantitative estimate of drug-likeness (QED) is 0.886. The summed E-state index contributed by atoms with van der Waals surface area (Å²) < 4.78 is 39.0. The Balaban J connectivity index is 1.61. The van der Waals surface area contributed by atoms with Crippen molar-refractivity contribution in [2.75, 3.05) is 19.6 Å². The van der Waals surface area contributed by atoms with Crippen LogP contribution in [0.25, 0.3) is 10.8 Å². The second-order valence-corrected chi connectivity index (χ2v) is 6.59. The van der Waals surface area contributed by atoms with Crippen LogP contribution in [0, 0.1) is 11.8 Å². The van der Waals surface area contributed by atoms with Crippen molar-refractivity contribution in [1.29, 1.82) is 0 Å². The van der Waals surface area contributed by atoms with E-state index in [0.717, 1.165) is 17.2 Å². The Labute approximate surface area is 144 Å². The van der Waals surface area contributed by atoms with Gasteiger partial charge in [-0.3, -0.25) is 4.79 Å². The number of fused-ring (bicyclic) bond motifs is 1. The molecule has 0 bridgehead atoms. The lowest BCUT2D eigenvalue weighted by Gasteiger charge is -2.18. The summed E-state index contributed by atoms with van der Waals surface area (Å²) in [6.07, 6.45) is -3.01. The van der Waals surface area contributed by atoms with E-state index in [2.05, 4.69) is 0 Å². The normalized spacial score (nSPS) is 21.7. The minimum Gasteiger partial charge on any atom is -0.481 e. The third-order valence-electron chi connectivity index (χ3n) is 4.93. The van der Waals surface area contributed by atoms with Crippen LogP contribution in [0.1, 0.15) is 12.0 Å². The van der Waals surface area contributed by atoms with Crippen molar-refractivity contribution in [3.8, 4) is 0 Å². The summed E-state index contributed by atoms with van der Waals surface area (Å²) in [4.78, 5) is 12.7. The highest BCUT2D eigenvalue weighted by atomic mass is 19.4. The third kappa shape index (κ3) is 3.95. The molecule has 2 aromatic rings. The smallest absolute Gasteiger partial charge is 0.393 e. The van der Waals surface area contributed by atoms with Crippen LogP contribution in [0.3, 0.4) is 0 Å². The summed E-state index contributed by atoms with van der Waals surface area (Å²) in [5.74, 6) is -4.50. The van der Waals surface area contributed by atoms with Gasteiger partial charge in [0.15, 0.2) is 0 Å². The van der Waals surface area contributed by atoms with Crippen LogP contribution >= 0.6 is 0 Å². The van der Waals surface area contributed by atoms with Crippen molar-refractivity contribution in [2.24, 2.45) is 11.8 Å². The standard InChI is InChI=1S/C19H20F3NO2/c20-19(21,22)17-12-23(11-16(17)18(24)25)10-4-8-14-7-3-6-13-5-1-2-9-15(13)14/h1-3,5-7,9,16-17H,4,8,10-12H2,(H,24,25)/t16-,17-/m1/s1. The van der Waals surface area contributed by atoms with Crippen molar-refractivity contribution in [1.82, 2.24) is 4.90 Å². The van der Waals surface area contributed by atoms with Gasteiger partial charge in [0.05, 0.1) is 11.8 Å². The summed E-state index contributed by atoms with van der Waals surface area (Å²) >= 11 is 0. The molecule has 0 aliphatic carbocycles. The molecule has 3 rings (SSSR count). The summed E-state index contributed by atoms with van der Waals surface area (Å²) in [7, 11) is 0. The van der Waals surface area contributed by atoms with Crippen LogP contribution in [0.2, 0.25) is 0 Å². The molecule has 134 valence electrons. The Morgan fingerprint density at radius 2 is 1.84 bits per heavy atom. The molecule has 0 saturated carbocycles. The molecule has 1 heterocycles. The maximum Gasteiger partial charge on any atom is 0.393 e. The van der Waals surface area contributed by atoms with Gasteiger partial charge in [-0.1, -0.05) is 42.5 Å². The lowest BCUT2D eigenvalue weighted by Crippen LogP contribution is -2.33. The van der Waals surface area contributed by atoms with Gasteiger partial charge >= 0.3 is 12.1 Å². The molecule has 0 radical (unpaired) electrons. The fourth-order valence-electron chi connectivity index (χ4n) is 3.65. The van der Waals surface area contributed by atoms with Gasteiger partial charge in [-0.25, -0.2) is 0 Å². The van der Waals surface area contributed by atoms with E-state index in [1.807, 2.05) is 42.5 Å². The second kappa shape index (κ2) is 7.04. The number of nitrogens with zero attached hydrogens (tertiary/aromatic N) is 1. The molecule has 2 aromatic carbocycles. The predicted octanol–water partition coefficient (Wildman–Crippen LogP) is 3.97. The van der Waals surface area contributed by atoms with Gasteiger partial charge in [0.1, 0.15) is 0 Å². The number of aliphatic carboxylic acids is 1. The van der Waals surface area contributed by atoms with E-state index in [1.165, 1.54) is 5.56 Å². The van der Waals surface area contributed by atoms with Gasteiger partial charge in [-0.15, -0.1) is 0 Å². The maximum atomic E-state index is 13.0. The van der Waals surface area contributed by atoms with Crippen LogP contribution in [-0.2, 0) is 11.2 Å². The molecule has 0 amide bonds. The first kappa shape index (κ1) is 17.7. The van der Waals surface area contributed by atoms with Crippen molar-refractivity contribution in [3.05, 3.63) is 48.0 Å². The Morgan fingerprint density at radius 3 is 2.52 bits per heavy atom. The van der Waals surface area contributed by atoms with Crippen LogP contribution in [0.5, 0.6) is 0 Å². The van der Waals surface area contributed by atoms with E-state index in [9.17, 15) is 18.0 Å². The van der Waals surface area contributed by atoms with Crippen LogP contribution in [-0.4, -0.2) is 41.8 Å². The molecule has 1 aliphatic heterocycles. The van der Waals surface area contributed by atoms with Gasteiger partial charge in [-0.05, 0) is 35.7 Å². The number of halogens is 3. The molecular formula is C19H20F3NO2. The zero-order valence-corrected chi connectivity index (χ0v) is 13.7. The lowest BCUT2D eigenvalue weighted by atomic mass is 9.96. The summed E-state index contributed by atoms with van der Waals surface area (Å²) in [5.41, 5.74) is 1.17. The number of alkyl halides is 3. The molecule has 25 heavy (non-hydrogen) atoms. The summed E-state index contributed by atoms with van der Waals surface area (Å²) in [5, 5.41) is 11.4. The van der Waals surface area contributed by atoms with Crippen LogP contribution < -0.4 is 0 Å². The first-order chi connectivity index (χ1) is 11.9. The second-order valence-electron chi connectivity index (χ2n) is 6.59. The van der Waals surface area contributed by atoms with Crippen LogP contribution in [0.15, 0.2) is 42.5 Å². The van der Waals surface area contributed by atoms with E-state index in [0.29, 0.717) is 13.0 Å². The Bertz CT molecular complexity index is 754. The van der Waals surface area contributed by atoms with Crippen molar-refractivity contribution in [3.63, 3.8) is 0 Å². The molecule has 1 N–H and O–H groups in total. The molecule has 3 nitrogen and oxygen atoms in total. The Kier molecular flexibility index (Phi) is 4.99. The summed E-state index contributed by atoms with van der Waals surface area (Å²) in [6, 6.07) is 14.1. The maximum absolute atomic E-state index is 13.0. The van der Waals surface area contributed by atoms with E-state index < -0.39 is 24.0 Å². The van der Waals surface area contributed by atoms with E-state index in [-0.39, 0.29) is 13.1 Å². The molecule has 0 spiro atoms.